The lowest BCUT2D eigenvalue weighted by Crippen LogP contribution is -2.44. The second-order valence-corrected chi connectivity index (χ2v) is 5.53. The molecule has 0 aromatic carbocycles. The van der Waals surface area contributed by atoms with Gasteiger partial charge < -0.3 is 9.47 Å². The van der Waals surface area contributed by atoms with Gasteiger partial charge in [0.05, 0.1) is 5.92 Å². The summed E-state index contributed by atoms with van der Waals surface area (Å²) in [6.45, 7) is 1.33. The van der Waals surface area contributed by atoms with Crippen LogP contribution in [-0.4, -0.2) is 24.0 Å². The number of ether oxygens (including phenoxy) is 2. The molecule has 5 heteroatoms. The number of fused-ring (bicyclic) bond motifs is 3. The van der Waals surface area contributed by atoms with E-state index in [2.05, 4.69) is 0 Å². The molecule has 18 heavy (non-hydrogen) atoms. The van der Waals surface area contributed by atoms with Crippen LogP contribution < -0.4 is 0 Å². The van der Waals surface area contributed by atoms with Crippen LogP contribution in [0.15, 0.2) is 0 Å². The zero-order valence-corrected chi connectivity index (χ0v) is 10.3. The largest absolute Gasteiger partial charge is 0.462 e. The van der Waals surface area contributed by atoms with Crippen molar-refractivity contribution in [3.8, 4) is 0 Å². The fourth-order valence-electron chi connectivity index (χ4n) is 3.96. The molecule has 5 nitrogen and oxygen atoms in total. The molecule has 4 unspecified atom stereocenters. The normalized spacial score (nSPS) is 42.2. The van der Waals surface area contributed by atoms with Gasteiger partial charge in [-0.25, -0.2) is 0 Å². The number of hydrogen-bond donors (Lipinski definition) is 0. The van der Waals surface area contributed by atoms with Crippen molar-refractivity contribution in [1.29, 1.82) is 0 Å². The minimum atomic E-state index is -0.569. The first-order valence-corrected chi connectivity index (χ1v) is 6.50. The van der Waals surface area contributed by atoms with Crippen molar-refractivity contribution in [3.63, 3.8) is 0 Å². The highest BCUT2D eigenvalue weighted by Gasteiger charge is 2.59. The molecule has 98 valence electrons. The van der Waals surface area contributed by atoms with Crippen LogP contribution in [-0.2, 0) is 23.9 Å². The number of carbonyl (C=O) groups excluding carboxylic acids is 3. The fourth-order valence-corrected chi connectivity index (χ4v) is 3.96. The molecule has 3 fully saturated rings. The van der Waals surface area contributed by atoms with Crippen LogP contribution in [0.3, 0.4) is 0 Å². The van der Waals surface area contributed by atoms with Crippen molar-refractivity contribution in [1.82, 2.24) is 0 Å². The Labute approximate surface area is 105 Å². The third-order valence-corrected chi connectivity index (χ3v) is 4.56. The third-order valence-electron chi connectivity index (χ3n) is 4.56. The van der Waals surface area contributed by atoms with Crippen molar-refractivity contribution in [2.45, 2.75) is 38.7 Å². The first-order chi connectivity index (χ1) is 8.58. The third kappa shape index (κ3) is 1.64. The number of cyclic esters (lactones) is 2. The highest BCUT2D eigenvalue weighted by Crippen LogP contribution is 2.51. The predicted octanol–water partition coefficient (Wildman–Crippen LogP) is 1.05. The van der Waals surface area contributed by atoms with Gasteiger partial charge >= 0.3 is 17.9 Å². The van der Waals surface area contributed by atoms with Crippen LogP contribution in [0, 0.1) is 23.7 Å². The molecule has 0 N–H and O–H groups in total. The zero-order chi connectivity index (χ0) is 12.9. The van der Waals surface area contributed by atoms with Crippen LogP contribution in [0.25, 0.3) is 0 Å². The van der Waals surface area contributed by atoms with Gasteiger partial charge in [-0.15, -0.1) is 0 Å². The van der Waals surface area contributed by atoms with E-state index < -0.39 is 29.9 Å². The SMILES string of the molecule is CC(=O)O[C@H]1CC2CCCC2C2C(=O)OC(=O)C21. The van der Waals surface area contributed by atoms with E-state index in [9.17, 15) is 14.4 Å². The summed E-state index contributed by atoms with van der Waals surface area (Å²) >= 11 is 0. The number of esters is 3. The summed E-state index contributed by atoms with van der Waals surface area (Å²) in [5.74, 6) is -1.67. The van der Waals surface area contributed by atoms with Crippen molar-refractivity contribution in [3.05, 3.63) is 0 Å². The second kappa shape index (κ2) is 4.07. The van der Waals surface area contributed by atoms with Crippen LogP contribution in [0.4, 0.5) is 0 Å². The molecular formula is C13H16O5. The maximum absolute atomic E-state index is 11.8. The molecule has 2 aliphatic carbocycles. The van der Waals surface area contributed by atoms with Gasteiger partial charge in [0.15, 0.2) is 0 Å². The Hall–Kier alpha value is -1.39. The molecule has 3 rings (SSSR count). The summed E-state index contributed by atoms with van der Waals surface area (Å²) in [5, 5.41) is 0. The standard InChI is InChI=1S/C13H16O5/c1-6(14)17-9-5-7-3-2-4-8(7)10-11(9)13(16)18-12(10)15/h7-11H,2-5H2,1H3/t7?,8?,9-,10?,11?/m0/s1. The summed E-state index contributed by atoms with van der Waals surface area (Å²) in [5.41, 5.74) is 0. The van der Waals surface area contributed by atoms with E-state index >= 15 is 0 Å². The zero-order valence-electron chi connectivity index (χ0n) is 10.3. The van der Waals surface area contributed by atoms with E-state index in [4.69, 9.17) is 9.47 Å². The van der Waals surface area contributed by atoms with Crippen LogP contribution in [0.2, 0.25) is 0 Å². The number of carbonyl (C=O) groups is 3. The van der Waals surface area contributed by atoms with E-state index in [0.29, 0.717) is 12.3 Å². The first-order valence-electron chi connectivity index (χ1n) is 6.50. The van der Waals surface area contributed by atoms with Gasteiger partial charge in [-0.1, -0.05) is 12.8 Å². The minimum Gasteiger partial charge on any atom is -0.462 e. The van der Waals surface area contributed by atoms with Crippen molar-refractivity contribution >= 4 is 17.9 Å². The molecule has 0 radical (unpaired) electrons. The second-order valence-electron chi connectivity index (χ2n) is 5.53. The quantitative estimate of drug-likeness (QED) is 0.515. The number of rotatable bonds is 1. The average Bonchev–Trinajstić information content (AvgIpc) is 2.82. The smallest absolute Gasteiger partial charge is 0.321 e. The van der Waals surface area contributed by atoms with Gasteiger partial charge in [-0.05, 0) is 24.7 Å². The predicted molar refractivity (Wildman–Crippen MR) is 59.1 cm³/mol. The van der Waals surface area contributed by atoms with Gasteiger partial charge in [-0.2, -0.15) is 0 Å². The van der Waals surface area contributed by atoms with Gasteiger partial charge in [-0.3, -0.25) is 14.4 Å². The molecular weight excluding hydrogens is 236 g/mol. The lowest BCUT2D eigenvalue weighted by molar-refractivity contribution is -0.159. The maximum Gasteiger partial charge on any atom is 0.321 e. The van der Waals surface area contributed by atoms with E-state index in [1.54, 1.807) is 0 Å². The Morgan fingerprint density at radius 1 is 1.22 bits per heavy atom. The van der Waals surface area contributed by atoms with Gasteiger partial charge in [0.2, 0.25) is 0 Å². The topological polar surface area (TPSA) is 69.7 Å². The minimum absolute atomic E-state index is 0.237. The molecule has 1 heterocycles. The molecule has 1 saturated heterocycles. The van der Waals surface area contributed by atoms with Gasteiger partial charge in [0.1, 0.15) is 12.0 Å². The molecule has 0 bridgehead atoms. The molecule has 5 atom stereocenters. The summed E-state index contributed by atoms with van der Waals surface area (Å²) in [6, 6.07) is 0. The van der Waals surface area contributed by atoms with Crippen LogP contribution in [0.5, 0.6) is 0 Å². The molecule has 3 aliphatic rings. The Morgan fingerprint density at radius 3 is 2.67 bits per heavy atom. The van der Waals surface area contributed by atoms with Gasteiger partial charge in [0, 0.05) is 6.92 Å². The van der Waals surface area contributed by atoms with E-state index in [-0.39, 0.29) is 11.8 Å². The average molecular weight is 252 g/mol. The highest BCUT2D eigenvalue weighted by atomic mass is 16.6. The summed E-state index contributed by atoms with van der Waals surface area (Å²) in [6.07, 6.45) is 3.31. The van der Waals surface area contributed by atoms with E-state index in [1.807, 2.05) is 0 Å². The van der Waals surface area contributed by atoms with Crippen molar-refractivity contribution < 1.29 is 23.9 Å². The Kier molecular flexibility index (Phi) is 2.64. The van der Waals surface area contributed by atoms with Crippen LogP contribution in [0.1, 0.15) is 32.6 Å². The molecule has 0 aromatic rings. The molecule has 1 aliphatic heterocycles. The van der Waals surface area contributed by atoms with E-state index in [1.165, 1.54) is 6.92 Å². The highest BCUT2D eigenvalue weighted by molar-refractivity contribution is 5.97. The van der Waals surface area contributed by atoms with Crippen molar-refractivity contribution in [2.75, 3.05) is 0 Å². The maximum atomic E-state index is 11.8. The molecule has 0 spiro atoms. The Bertz CT molecular complexity index is 416. The lowest BCUT2D eigenvalue weighted by atomic mass is 9.67. The summed E-state index contributed by atoms with van der Waals surface area (Å²) < 4.78 is 10.00. The first kappa shape index (κ1) is 11.7. The number of hydrogen-bond acceptors (Lipinski definition) is 5. The van der Waals surface area contributed by atoms with Crippen LogP contribution >= 0.6 is 0 Å². The van der Waals surface area contributed by atoms with Crippen molar-refractivity contribution in [2.24, 2.45) is 23.7 Å². The van der Waals surface area contributed by atoms with E-state index in [0.717, 1.165) is 19.3 Å². The van der Waals surface area contributed by atoms with Gasteiger partial charge in [0.25, 0.3) is 0 Å². The molecule has 2 saturated carbocycles. The lowest BCUT2D eigenvalue weighted by Gasteiger charge is -2.37. The Morgan fingerprint density at radius 2 is 1.94 bits per heavy atom. The monoisotopic (exact) mass is 252 g/mol. The summed E-state index contributed by atoms with van der Waals surface area (Å²) in [7, 11) is 0. The summed E-state index contributed by atoms with van der Waals surface area (Å²) in [4.78, 5) is 34.7. The fraction of sp³-hybridized carbons (Fsp3) is 0.769. The molecule has 0 aromatic heterocycles. The Balaban J connectivity index is 1.91. The molecule has 0 amide bonds.